The van der Waals surface area contributed by atoms with Crippen LogP contribution in [0.25, 0.3) is 0 Å². The summed E-state index contributed by atoms with van der Waals surface area (Å²) in [5.41, 5.74) is 0.199. The normalized spacial score (nSPS) is 24.8. The summed E-state index contributed by atoms with van der Waals surface area (Å²) in [5, 5.41) is 0. The molecule has 0 radical (unpaired) electrons. The van der Waals surface area contributed by atoms with E-state index in [1.165, 1.54) is 28.6 Å². The molecule has 7 nitrogen and oxygen atoms in total. The van der Waals surface area contributed by atoms with Crippen LogP contribution in [-0.2, 0) is 24.3 Å². The number of carbonyl (C=O) groups is 2. The second-order valence-corrected chi connectivity index (χ2v) is 8.23. The predicted molar refractivity (Wildman–Crippen MR) is 88.4 cm³/mol. The Kier molecular flexibility index (Phi) is 5.10. The zero-order valence-corrected chi connectivity index (χ0v) is 14.8. The molecule has 8 heteroatoms. The van der Waals surface area contributed by atoms with Crippen molar-refractivity contribution in [2.24, 2.45) is 0 Å². The Hall–Kier alpha value is -1.93. The van der Waals surface area contributed by atoms with E-state index in [4.69, 9.17) is 9.47 Å². The summed E-state index contributed by atoms with van der Waals surface area (Å²) in [6, 6.07) is 5.59. The summed E-state index contributed by atoms with van der Waals surface area (Å²) in [6.45, 7) is 2.65. The number of carbonyl (C=O) groups excluding carboxylic acids is 2. The van der Waals surface area contributed by atoms with Gasteiger partial charge in [0.2, 0.25) is 16.1 Å². The molecule has 2 aliphatic heterocycles. The first kappa shape index (κ1) is 17.9. The molecule has 0 aliphatic carbocycles. The molecule has 2 saturated heterocycles. The maximum absolute atomic E-state index is 12.7. The number of benzene rings is 1. The first-order valence-electron chi connectivity index (χ1n) is 8.39. The Balaban J connectivity index is 1.73. The van der Waals surface area contributed by atoms with Gasteiger partial charge in [0, 0.05) is 19.0 Å². The van der Waals surface area contributed by atoms with Crippen molar-refractivity contribution in [1.29, 1.82) is 0 Å². The average Bonchev–Trinajstić information content (AvgIpc) is 3.00. The molecule has 1 aromatic carbocycles. The molecule has 0 aromatic heterocycles. The van der Waals surface area contributed by atoms with Gasteiger partial charge in [-0.3, -0.25) is 0 Å². The summed E-state index contributed by atoms with van der Waals surface area (Å²) < 4.78 is 36.8. The minimum atomic E-state index is -3.58. The Labute approximate surface area is 147 Å². The van der Waals surface area contributed by atoms with Gasteiger partial charge >= 0.3 is 11.9 Å². The van der Waals surface area contributed by atoms with Gasteiger partial charge < -0.3 is 9.47 Å². The molecule has 0 unspecified atom stereocenters. The van der Waals surface area contributed by atoms with Crippen LogP contribution in [0.2, 0.25) is 0 Å². The van der Waals surface area contributed by atoms with Crippen LogP contribution in [0.1, 0.15) is 43.0 Å². The highest BCUT2D eigenvalue weighted by atomic mass is 32.2. The number of rotatable bonds is 4. The first-order chi connectivity index (χ1) is 11.9. The number of esters is 2. The van der Waals surface area contributed by atoms with Crippen molar-refractivity contribution >= 4 is 22.0 Å². The van der Waals surface area contributed by atoms with Crippen LogP contribution in [-0.4, -0.2) is 50.0 Å². The van der Waals surface area contributed by atoms with Gasteiger partial charge in [0.25, 0.3) is 0 Å². The van der Waals surface area contributed by atoms with Gasteiger partial charge in [-0.05, 0) is 44.0 Å². The maximum atomic E-state index is 12.7. The van der Waals surface area contributed by atoms with E-state index < -0.39 is 28.1 Å². The minimum absolute atomic E-state index is 0.0308. The quantitative estimate of drug-likeness (QED) is 0.753. The molecule has 1 aromatic rings. The molecule has 3 rings (SSSR count). The van der Waals surface area contributed by atoms with E-state index in [0.717, 1.165) is 19.3 Å². The van der Waals surface area contributed by atoms with Gasteiger partial charge in [-0.25, -0.2) is 18.0 Å². The van der Waals surface area contributed by atoms with E-state index in [-0.39, 0.29) is 23.1 Å². The highest BCUT2D eigenvalue weighted by Gasteiger charge is 2.32. The molecular weight excluding hydrogens is 346 g/mol. The number of hydrogen-bond acceptors (Lipinski definition) is 6. The molecular formula is C17H21NO6S. The number of hydrogen-bond donors (Lipinski definition) is 0. The zero-order chi connectivity index (χ0) is 18.0. The van der Waals surface area contributed by atoms with E-state index in [0.29, 0.717) is 13.0 Å². The van der Waals surface area contributed by atoms with Crippen molar-refractivity contribution in [2.75, 3.05) is 13.2 Å². The van der Waals surface area contributed by atoms with Crippen LogP contribution in [0, 0.1) is 0 Å². The molecule has 0 bridgehead atoms. The highest BCUT2D eigenvalue weighted by Crippen LogP contribution is 2.25. The molecule has 2 atom stereocenters. The van der Waals surface area contributed by atoms with Gasteiger partial charge in [-0.2, -0.15) is 4.31 Å². The second kappa shape index (κ2) is 7.13. The van der Waals surface area contributed by atoms with E-state index in [1.807, 2.05) is 6.92 Å². The first-order valence-corrected chi connectivity index (χ1v) is 9.83. The lowest BCUT2D eigenvalue weighted by Gasteiger charge is -2.32. The molecule has 0 spiro atoms. The van der Waals surface area contributed by atoms with Crippen molar-refractivity contribution in [1.82, 2.24) is 4.31 Å². The fourth-order valence-corrected chi connectivity index (χ4v) is 4.81. The topological polar surface area (TPSA) is 90.0 Å². The van der Waals surface area contributed by atoms with E-state index >= 15 is 0 Å². The molecule has 136 valence electrons. The molecule has 2 fully saturated rings. The number of sulfonamides is 1. The van der Waals surface area contributed by atoms with Crippen LogP contribution < -0.4 is 0 Å². The Morgan fingerprint density at radius 1 is 1.20 bits per heavy atom. The Bertz CT molecular complexity index is 758. The number of cyclic esters (lactones) is 1. The molecule has 2 heterocycles. The van der Waals surface area contributed by atoms with E-state index in [2.05, 4.69) is 0 Å². The fraction of sp³-hybridized carbons (Fsp3) is 0.529. The molecule has 0 N–H and O–H groups in total. The molecule has 2 aliphatic rings. The zero-order valence-electron chi connectivity index (χ0n) is 14.0. The predicted octanol–water partition coefficient (Wildman–Crippen LogP) is 1.72. The summed E-state index contributed by atoms with van der Waals surface area (Å²) in [5.74, 6) is -1.22. The monoisotopic (exact) mass is 367 g/mol. The summed E-state index contributed by atoms with van der Waals surface area (Å²) in [7, 11) is -3.58. The van der Waals surface area contributed by atoms with Gasteiger partial charge in [0.1, 0.15) is 0 Å². The second-order valence-electron chi connectivity index (χ2n) is 6.34. The van der Waals surface area contributed by atoms with Crippen molar-refractivity contribution in [3.63, 3.8) is 0 Å². The third-order valence-corrected chi connectivity index (χ3v) is 6.60. The lowest BCUT2D eigenvalue weighted by molar-refractivity contribution is -0.145. The maximum Gasteiger partial charge on any atom is 0.347 e. The van der Waals surface area contributed by atoms with Crippen LogP contribution in [0.5, 0.6) is 0 Å². The van der Waals surface area contributed by atoms with Gasteiger partial charge in [-0.1, -0.05) is 6.42 Å². The fourth-order valence-electron chi connectivity index (χ4n) is 3.11. The van der Waals surface area contributed by atoms with Crippen LogP contribution in [0.3, 0.4) is 0 Å². The Morgan fingerprint density at radius 3 is 2.52 bits per heavy atom. The third-order valence-electron chi connectivity index (χ3n) is 4.58. The number of nitrogens with zero attached hydrogens (tertiary/aromatic N) is 1. The van der Waals surface area contributed by atoms with Crippen LogP contribution in [0.15, 0.2) is 29.2 Å². The van der Waals surface area contributed by atoms with E-state index in [1.54, 1.807) is 0 Å². The Morgan fingerprint density at radius 2 is 1.92 bits per heavy atom. The van der Waals surface area contributed by atoms with Crippen LogP contribution in [0.4, 0.5) is 0 Å². The highest BCUT2D eigenvalue weighted by molar-refractivity contribution is 7.89. The van der Waals surface area contributed by atoms with Crippen molar-refractivity contribution < 1.29 is 27.5 Å². The smallest absolute Gasteiger partial charge is 0.347 e. The minimum Gasteiger partial charge on any atom is -0.463 e. The summed E-state index contributed by atoms with van der Waals surface area (Å²) in [6.07, 6.45) is 2.18. The number of piperidine rings is 1. The van der Waals surface area contributed by atoms with Gasteiger partial charge in [-0.15, -0.1) is 0 Å². The van der Waals surface area contributed by atoms with Crippen molar-refractivity contribution in [3.8, 4) is 0 Å². The van der Waals surface area contributed by atoms with Gasteiger partial charge in [0.15, 0.2) is 0 Å². The SMILES string of the molecule is C[C@@H]1CCCCN1S(=O)(=O)c1ccc(C(=O)O[C@@H]2CCOC2=O)cc1. The van der Waals surface area contributed by atoms with Crippen molar-refractivity contribution in [2.45, 2.75) is 49.6 Å². The largest absolute Gasteiger partial charge is 0.463 e. The summed E-state index contributed by atoms with van der Waals surface area (Å²) in [4.78, 5) is 23.6. The lowest BCUT2D eigenvalue weighted by atomic mass is 10.1. The average molecular weight is 367 g/mol. The standard InChI is InChI=1S/C17H21NO6S/c1-12-4-2-3-10-18(12)25(21,22)14-7-5-13(6-8-14)16(19)24-15-9-11-23-17(15)20/h5-8,12,15H,2-4,9-11H2,1H3/t12-,15-/m1/s1. The number of ether oxygens (including phenoxy) is 2. The van der Waals surface area contributed by atoms with E-state index in [9.17, 15) is 18.0 Å². The lowest BCUT2D eigenvalue weighted by Crippen LogP contribution is -2.41. The molecule has 25 heavy (non-hydrogen) atoms. The molecule has 0 saturated carbocycles. The van der Waals surface area contributed by atoms with Crippen LogP contribution >= 0.6 is 0 Å². The summed E-state index contributed by atoms with van der Waals surface area (Å²) >= 11 is 0. The molecule has 0 amide bonds. The third kappa shape index (κ3) is 3.69. The van der Waals surface area contributed by atoms with Crippen molar-refractivity contribution in [3.05, 3.63) is 29.8 Å². The van der Waals surface area contributed by atoms with Gasteiger partial charge in [0.05, 0.1) is 17.1 Å².